The fourth-order valence-corrected chi connectivity index (χ4v) is 2.88. The Hall–Kier alpha value is -1.94. The molecule has 2 aromatic carbocycles. The maximum Gasteiger partial charge on any atom is 0.126 e. The third kappa shape index (κ3) is 2.07. The summed E-state index contributed by atoms with van der Waals surface area (Å²) < 4.78 is 14.8. The van der Waals surface area contributed by atoms with Crippen LogP contribution in [0.25, 0.3) is 10.2 Å². The first kappa shape index (κ1) is 11.2. The topological polar surface area (TPSA) is 38.9 Å². The molecule has 3 aromatic rings. The van der Waals surface area contributed by atoms with E-state index in [4.69, 9.17) is 5.73 Å². The highest BCUT2D eigenvalue weighted by molar-refractivity contribution is 7.18. The molecule has 0 aliphatic carbocycles. The van der Waals surface area contributed by atoms with Gasteiger partial charge < -0.3 is 5.73 Å². The van der Waals surface area contributed by atoms with Gasteiger partial charge in [-0.05, 0) is 35.9 Å². The molecule has 4 heteroatoms. The number of anilines is 1. The minimum atomic E-state index is -0.233. The quantitative estimate of drug-likeness (QED) is 0.713. The Balaban J connectivity index is 1.98. The van der Waals surface area contributed by atoms with Crippen LogP contribution in [0.4, 0.5) is 10.1 Å². The molecule has 0 bridgehead atoms. The number of benzene rings is 2. The second kappa shape index (κ2) is 4.38. The molecule has 0 atom stereocenters. The van der Waals surface area contributed by atoms with Crippen LogP contribution in [0.2, 0.25) is 0 Å². The summed E-state index contributed by atoms with van der Waals surface area (Å²) in [6, 6.07) is 12.5. The number of halogens is 1. The molecule has 1 aromatic heterocycles. The van der Waals surface area contributed by atoms with Gasteiger partial charge in [0.2, 0.25) is 0 Å². The summed E-state index contributed by atoms with van der Waals surface area (Å²) in [6.07, 6.45) is 0.482. The minimum Gasteiger partial charge on any atom is -0.399 e. The highest BCUT2D eigenvalue weighted by Crippen LogP contribution is 2.25. The van der Waals surface area contributed by atoms with Crippen LogP contribution in [-0.2, 0) is 6.42 Å². The summed E-state index contributed by atoms with van der Waals surface area (Å²) in [4.78, 5) is 4.49. The summed E-state index contributed by atoms with van der Waals surface area (Å²) >= 11 is 1.59. The maximum absolute atomic E-state index is 13.6. The number of hydrogen-bond acceptors (Lipinski definition) is 3. The molecule has 0 amide bonds. The van der Waals surface area contributed by atoms with Gasteiger partial charge in [0.25, 0.3) is 0 Å². The zero-order valence-corrected chi connectivity index (χ0v) is 10.4. The van der Waals surface area contributed by atoms with Gasteiger partial charge in [-0.1, -0.05) is 12.1 Å². The van der Waals surface area contributed by atoms with Crippen molar-refractivity contribution in [3.63, 3.8) is 0 Å². The lowest BCUT2D eigenvalue weighted by molar-refractivity contribution is 0.614. The molecule has 2 nitrogen and oxygen atoms in total. The van der Waals surface area contributed by atoms with Crippen LogP contribution in [0.15, 0.2) is 42.5 Å². The van der Waals surface area contributed by atoms with Gasteiger partial charge in [-0.25, -0.2) is 9.37 Å². The molecule has 18 heavy (non-hydrogen) atoms. The van der Waals surface area contributed by atoms with Crippen molar-refractivity contribution in [2.45, 2.75) is 6.42 Å². The van der Waals surface area contributed by atoms with Gasteiger partial charge in [0.05, 0.1) is 15.2 Å². The van der Waals surface area contributed by atoms with E-state index < -0.39 is 0 Å². The molecule has 1 heterocycles. The third-order valence-electron chi connectivity index (χ3n) is 2.75. The average Bonchev–Trinajstić information content (AvgIpc) is 2.76. The molecule has 0 aliphatic heterocycles. The van der Waals surface area contributed by atoms with Crippen LogP contribution < -0.4 is 5.73 Å². The zero-order valence-electron chi connectivity index (χ0n) is 9.56. The molecule has 0 saturated carbocycles. The fourth-order valence-electron chi connectivity index (χ4n) is 1.89. The number of rotatable bonds is 2. The van der Waals surface area contributed by atoms with E-state index in [-0.39, 0.29) is 5.82 Å². The van der Waals surface area contributed by atoms with Crippen molar-refractivity contribution in [2.24, 2.45) is 0 Å². The normalized spacial score (nSPS) is 10.9. The number of para-hydroxylation sites is 1. The summed E-state index contributed by atoms with van der Waals surface area (Å²) in [6.45, 7) is 0. The van der Waals surface area contributed by atoms with Crippen LogP contribution in [0.3, 0.4) is 0 Å². The first-order valence-corrected chi connectivity index (χ1v) is 6.42. The molecule has 2 N–H and O–H groups in total. The van der Waals surface area contributed by atoms with E-state index in [1.165, 1.54) is 6.07 Å². The van der Waals surface area contributed by atoms with Gasteiger partial charge >= 0.3 is 0 Å². The van der Waals surface area contributed by atoms with Crippen molar-refractivity contribution in [1.29, 1.82) is 0 Å². The Morgan fingerprint density at radius 1 is 1.17 bits per heavy atom. The van der Waals surface area contributed by atoms with Crippen LogP contribution in [0, 0.1) is 5.82 Å². The van der Waals surface area contributed by atoms with E-state index in [1.807, 2.05) is 24.3 Å². The molecule has 90 valence electrons. The highest BCUT2D eigenvalue weighted by Gasteiger charge is 2.08. The van der Waals surface area contributed by atoms with Crippen LogP contribution in [-0.4, -0.2) is 4.98 Å². The molecule has 0 aliphatic rings. The highest BCUT2D eigenvalue weighted by atomic mass is 32.1. The summed E-state index contributed by atoms with van der Waals surface area (Å²) in [5.74, 6) is -0.233. The Bertz CT molecular complexity index is 673. The van der Waals surface area contributed by atoms with E-state index in [2.05, 4.69) is 4.98 Å². The number of nitrogen functional groups attached to an aromatic ring is 1. The maximum atomic E-state index is 13.6. The predicted molar refractivity (Wildman–Crippen MR) is 73.2 cm³/mol. The van der Waals surface area contributed by atoms with Gasteiger partial charge in [0, 0.05) is 12.1 Å². The molecule has 0 radical (unpaired) electrons. The van der Waals surface area contributed by atoms with Crippen molar-refractivity contribution < 1.29 is 4.39 Å². The number of nitrogens with two attached hydrogens (primary N) is 1. The van der Waals surface area contributed by atoms with E-state index >= 15 is 0 Å². The first-order chi connectivity index (χ1) is 8.72. The van der Waals surface area contributed by atoms with Crippen LogP contribution >= 0.6 is 11.3 Å². The average molecular weight is 258 g/mol. The number of thiazole rings is 1. The Morgan fingerprint density at radius 3 is 2.83 bits per heavy atom. The van der Waals surface area contributed by atoms with E-state index in [9.17, 15) is 4.39 Å². The lowest BCUT2D eigenvalue weighted by atomic mass is 10.1. The Kier molecular flexibility index (Phi) is 2.72. The fraction of sp³-hybridized carbons (Fsp3) is 0.0714. The molecule has 0 unspecified atom stereocenters. The number of aromatic nitrogens is 1. The van der Waals surface area contributed by atoms with Crippen molar-refractivity contribution in [2.75, 3.05) is 5.73 Å². The number of nitrogens with zero attached hydrogens (tertiary/aromatic N) is 1. The van der Waals surface area contributed by atoms with Gasteiger partial charge in [-0.15, -0.1) is 11.3 Å². The molecule has 0 saturated heterocycles. The largest absolute Gasteiger partial charge is 0.399 e. The first-order valence-electron chi connectivity index (χ1n) is 5.61. The lowest BCUT2D eigenvalue weighted by Crippen LogP contribution is -1.94. The molecular weight excluding hydrogens is 247 g/mol. The van der Waals surface area contributed by atoms with E-state index in [1.54, 1.807) is 23.5 Å². The minimum absolute atomic E-state index is 0.233. The van der Waals surface area contributed by atoms with Gasteiger partial charge in [-0.3, -0.25) is 0 Å². The van der Waals surface area contributed by atoms with Crippen molar-refractivity contribution >= 4 is 27.2 Å². The Morgan fingerprint density at radius 2 is 2.00 bits per heavy atom. The standard InChI is InChI=1S/C14H11FN2S/c15-11-6-5-10(16)7-9(11)8-14-17-12-3-1-2-4-13(12)18-14/h1-7H,8,16H2. The molecule has 0 spiro atoms. The van der Waals surface area contributed by atoms with Crippen molar-refractivity contribution in [3.8, 4) is 0 Å². The van der Waals surface area contributed by atoms with Gasteiger partial charge in [0.15, 0.2) is 0 Å². The van der Waals surface area contributed by atoms with Crippen LogP contribution in [0.5, 0.6) is 0 Å². The van der Waals surface area contributed by atoms with Gasteiger partial charge in [0.1, 0.15) is 5.82 Å². The van der Waals surface area contributed by atoms with Crippen molar-refractivity contribution in [1.82, 2.24) is 4.98 Å². The smallest absolute Gasteiger partial charge is 0.126 e. The number of hydrogen-bond donors (Lipinski definition) is 1. The SMILES string of the molecule is Nc1ccc(F)c(Cc2nc3ccccc3s2)c1. The second-order valence-electron chi connectivity index (χ2n) is 4.10. The Labute approximate surface area is 108 Å². The van der Waals surface area contributed by atoms with E-state index in [0.29, 0.717) is 17.7 Å². The van der Waals surface area contributed by atoms with Crippen LogP contribution in [0.1, 0.15) is 10.6 Å². The molecular formula is C14H11FN2S. The third-order valence-corrected chi connectivity index (χ3v) is 3.79. The van der Waals surface area contributed by atoms with Crippen molar-refractivity contribution in [3.05, 3.63) is 58.9 Å². The predicted octanol–water partition coefficient (Wildman–Crippen LogP) is 3.61. The second-order valence-corrected chi connectivity index (χ2v) is 5.22. The summed E-state index contributed by atoms with van der Waals surface area (Å²) in [5, 5.41) is 0.903. The van der Waals surface area contributed by atoms with E-state index in [0.717, 1.165) is 15.2 Å². The molecule has 0 fully saturated rings. The van der Waals surface area contributed by atoms with Gasteiger partial charge in [-0.2, -0.15) is 0 Å². The lowest BCUT2D eigenvalue weighted by Gasteiger charge is -2.01. The summed E-state index contributed by atoms with van der Waals surface area (Å²) in [7, 11) is 0. The molecule has 3 rings (SSSR count). The zero-order chi connectivity index (χ0) is 12.5. The number of fused-ring (bicyclic) bond motifs is 1. The monoisotopic (exact) mass is 258 g/mol. The summed E-state index contributed by atoms with van der Waals surface area (Å²) in [5.41, 5.74) is 7.80.